The van der Waals surface area contributed by atoms with E-state index in [-0.39, 0.29) is 0 Å². The van der Waals surface area contributed by atoms with E-state index >= 15 is 0 Å². The number of aromatic nitrogens is 3. The van der Waals surface area contributed by atoms with Gasteiger partial charge in [-0.05, 0) is 112 Å². The van der Waals surface area contributed by atoms with Crippen molar-refractivity contribution < 1.29 is 4.42 Å². The number of hydrogen-bond donors (Lipinski definition) is 0. The lowest BCUT2D eigenvalue weighted by atomic mass is 9.92. The predicted molar refractivity (Wildman–Crippen MR) is 237 cm³/mol. The maximum absolute atomic E-state index is 6.24. The molecule has 4 heterocycles. The molecule has 0 saturated carbocycles. The maximum Gasteiger partial charge on any atom is 0.135 e. The fourth-order valence-electron chi connectivity index (χ4n) is 8.98. The Balaban J connectivity index is 1.16. The zero-order valence-corrected chi connectivity index (χ0v) is 30.8. The van der Waals surface area contributed by atoms with Crippen LogP contribution in [0.2, 0.25) is 0 Å². The van der Waals surface area contributed by atoms with Gasteiger partial charge in [0.1, 0.15) is 11.2 Å². The zero-order valence-electron chi connectivity index (χ0n) is 30.8. The van der Waals surface area contributed by atoms with E-state index in [0.29, 0.717) is 0 Å². The van der Waals surface area contributed by atoms with Crippen molar-refractivity contribution >= 4 is 65.6 Å². The van der Waals surface area contributed by atoms with Gasteiger partial charge in [0.15, 0.2) is 0 Å². The Kier molecular flexibility index (Phi) is 6.89. The van der Waals surface area contributed by atoms with Crippen molar-refractivity contribution in [1.29, 1.82) is 0 Å². The third-order valence-corrected chi connectivity index (χ3v) is 11.6. The molecule has 0 aliphatic heterocycles. The molecule has 0 saturated heterocycles. The third kappa shape index (κ3) is 4.98. The predicted octanol–water partition coefficient (Wildman–Crippen LogP) is 14.2. The van der Waals surface area contributed by atoms with Crippen LogP contribution < -0.4 is 0 Å². The van der Waals surface area contributed by atoms with E-state index in [9.17, 15) is 0 Å². The summed E-state index contributed by atoms with van der Waals surface area (Å²) in [4.78, 5) is 4.55. The van der Waals surface area contributed by atoms with Crippen molar-refractivity contribution in [3.63, 3.8) is 0 Å². The fraction of sp³-hybridized carbons (Fsp3) is 0. The highest BCUT2D eigenvalue weighted by molar-refractivity contribution is 6.11. The van der Waals surface area contributed by atoms with Crippen LogP contribution in [0.4, 0.5) is 0 Å². The van der Waals surface area contributed by atoms with Crippen LogP contribution in [-0.4, -0.2) is 14.1 Å². The molecule has 0 spiro atoms. The standard InChI is InChI=1S/C53H33N3O/c1-2-12-34(13-3-1)36-26-37(35-22-23-53-46(31-35)45-17-7-11-21-52(45)57-53)28-38(27-36)39-29-40(55-48-18-8-4-14-42(48)43-15-5-9-19-49(43)55)32-41(30-39)56-50-20-10-6-16-44(50)47-33-54-25-24-51(47)56/h1-33H. The summed E-state index contributed by atoms with van der Waals surface area (Å²) < 4.78 is 11.1. The molecule has 12 rings (SSSR count). The van der Waals surface area contributed by atoms with E-state index in [1.165, 1.54) is 32.8 Å². The smallest absolute Gasteiger partial charge is 0.135 e. The van der Waals surface area contributed by atoms with Crippen molar-refractivity contribution in [3.8, 4) is 44.8 Å². The van der Waals surface area contributed by atoms with Gasteiger partial charge >= 0.3 is 0 Å². The number of rotatable bonds is 5. The highest BCUT2D eigenvalue weighted by Gasteiger charge is 2.18. The molecule has 8 aromatic carbocycles. The number of para-hydroxylation sites is 4. The van der Waals surface area contributed by atoms with Crippen molar-refractivity contribution in [2.75, 3.05) is 0 Å². The molecule has 0 aliphatic rings. The van der Waals surface area contributed by atoms with Crippen LogP contribution in [0.25, 0.3) is 110 Å². The summed E-state index contributed by atoms with van der Waals surface area (Å²) in [6.07, 6.45) is 3.88. The zero-order chi connectivity index (χ0) is 37.5. The van der Waals surface area contributed by atoms with Gasteiger partial charge in [-0.25, -0.2) is 0 Å². The van der Waals surface area contributed by atoms with Crippen molar-refractivity contribution in [2.24, 2.45) is 0 Å². The first-order valence-electron chi connectivity index (χ1n) is 19.3. The molecule has 0 radical (unpaired) electrons. The van der Waals surface area contributed by atoms with Gasteiger partial charge in [-0.1, -0.05) is 109 Å². The Morgan fingerprint density at radius 3 is 1.47 bits per heavy atom. The molecule has 0 unspecified atom stereocenters. The lowest BCUT2D eigenvalue weighted by molar-refractivity contribution is 0.669. The van der Waals surface area contributed by atoms with Gasteiger partial charge < -0.3 is 13.6 Å². The van der Waals surface area contributed by atoms with Crippen LogP contribution in [-0.2, 0) is 0 Å². The van der Waals surface area contributed by atoms with Gasteiger partial charge in [-0.15, -0.1) is 0 Å². The number of benzene rings is 8. The first kappa shape index (κ1) is 31.6. The van der Waals surface area contributed by atoms with E-state index in [0.717, 1.165) is 77.6 Å². The number of hydrogen-bond acceptors (Lipinski definition) is 2. The largest absolute Gasteiger partial charge is 0.456 e. The molecule has 0 amide bonds. The number of fused-ring (bicyclic) bond motifs is 9. The lowest BCUT2D eigenvalue weighted by Crippen LogP contribution is -2.00. The van der Waals surface area contributed by atoms with Gasteiger partial charge in [0.25, 0.3) is 0 Å². The van der Waals surface area contributed by atoms with Crippen molar-refractivity contribution in [3.05, 3.63) is 200 Å². The summed E-state index contributed by atoms with van der Waals surface area (Å²) >= 11 is 0. The Hall–Kier alpha value is -7.69. The van der Waals surface area contributed by atoms with E-state index in [4.69, 9.17) is 4.42 Å². The second-order valence-electron chi connectivity index (χ2n) is 14.8. The maximum atomic E-state index is 6.24. The summed E-state index contributed by atoms with van der Waals surface area (Å²) in [6, 6.07) is 67.9. The van der Waals surface area contributed by atoms with Gasteiger partial charge in [0, 0.05) is 56.1 Å². The first-order valence-corrected chi connectivity index (χ1v) is 19.3. The molecule has 4 aromatic heterocycles. The van der Waals surface area contributed by atoms with Crippen LogP contribution >= 0.6 is 0 Å². The average Bonchev–Trinajstić information content (AvgIpc) is 3.94. The molecule has 0 N–H and O–H groups in total. The summed E-state index contributed by atoms with van der Waals surface area (Å²) in [5.74, 6) is 0. The van der Waals surface area contributed by atoms with Crippen LogP contribution in [0, 0.1) is 0 Å². The Bertz CT molecular complexity index is 3290. The molecular formula is C53H33N3O. The minimum atomic E-state index is 0.893. The minimum absolute atomic E-state index is 0.893. The quantitative estimate of drug-likeness (QED) is 0.177. The molecule has 12 aromatic rings. The van der Waals surface area contributed by atoms with Crippen LogP contribution in [0.1, 0.15) is 0 Å². The molecular weight excluding hydrogens is 695 g/mol. The van der Waals surface area contributed by atoms with Gasteiger partial charge in [-0.3, -0.25) is 4.98 Å². The van der Waals surface area contributed by atoms with Gasteiger partial charge in [0.05, 0.1) is 22.1 Å². The average molecular weight is 728 g/mol. The molecule has 4 nitrogen and oxygen atoms in total. The monoisotopic (exact) mass is 727 g/mol. The summed E-state index contributed by atoms with van der Waals surface area (Å²) in [6.45, 7) is 0. The Morgan fingerprint density at radius 1 is 0.316 bits per heavy atom. The summed E-state index contributed by atoms with van der Waals surface area (Å²) in [7, 11) is 0. The van der Waals surface area contributed by atoms with E-state index < -0.39 is 0 Å². The minimum Gasteiger partial charge on any atom is -0.456 e. The van der Waals surface area contributed by atoms with E-state index in [2.05, 4.69) is 190 Å². The summed E-state index contributed by atoms with van der Waals surface area (Å²) in [5.41, 5.74) is 15.5. The molecule has 0 fully saturated rings. The highest BCUT2D eigenvalue weighted by Crippen LogP contribution is 2.40. The highest BCUT2D eigenvalue weighted by atomic mass is 16.3. The van der Waals surface area contributed by atoms with Crippen LogP contribution in [0.15, 0.2) is 205 Å². The Labute approximate surface area is 328 Å². The third-order valence-electron chi connectivity index (χ3n) is 11.6. The van der Waals surface area contributed by atoms with E-state index in [1.54, 1.807) is 0 Å². The number of pyridine rings is 1. The second kappa shape index (κ2) is 12.4. The fourth-order valence-corrected chi connectivity index (χ4v) is 8.98. The van der Waals surface area contributed by atoms with Crippen LogP contribution in [0.5, 0.6) is 0 Å². The van der Waals surface area contributed by atoms with Crippen molar-refractivity contribution in [1.82, 2.24) is 14.1 Å². The molecule has 266 valence electrons. The van der Waals surface area contributed by atoms with Crippen molar-refractivity contribution in [2.45, 2.75) is 0 Å². The van der Waals surface area contributed by atoms with Gasteiger partial charge in [0.2, 0.25) is 0 Å². The first-order chi connectivity index (χ1) is 28.2. The number of furan rings is 1. The molecule has 0 atom stereocenters. The molecule has 4 heteroatoms. The SMILES string of the molecule is c1ccc(-c2cc(-c3cc(-n4c5ccccc5c5ccccc54)cc(-n4c5ccccc5c5cnccc54)c3)cc(-c3ccc4oc5ccccc5c4c3)c2)cc1. The summed E-state index contributed by atoms with van der Waals surface area (Å²) in [5, 5.41) is 7.02. The number of nitrogens with zero attached hydrogens (tertiary/aromatic N) is 3. The van der Waals surface area contributed by atoms with Gasteiger partial charge in [-0.2, -0.15) is 0 Å². The van der Waals surface area contributed by atoms with Crippen LogP contribution in [0.3, 0.4) is 0 Å². The van der Waals surface area contributed by atoms with E-state index in [1.807, 2.05) is 24.5 Å². The molecule has 0 bridgehead atoms. The second-order valence-corrected chi connectivity index (χ2v) is 14.8. The topological polar surface area (TPSA) is 35.9 Å². The molecule has 57 heavy (non-hydrogen) atoms. The Morgan fingerprint density at radius 2 is 0.807 bits per heavy atom. The normalized spacial score (nSPS) is 11.9. The lowest BCUT2D eigenvalue weighted by Gasteiger charge is -2.17. The molecule has 0 aliphatic carbocycles.